The van der Waals surface area contributed by atoms with Crippen LogP contribution in [0.1, 0.15) is 37.3 Å². The lowest BCUT2D eigenvalue weighted by atomic mass is 10.1. The van der Waals surface area contributed by atoms with Gasteiger partial charge in [-0.2, -0.15) is 4.31 Å². The second-order valence-electron chi connectivity index (χ2n) is 8.83. The molecular formula is C27H35N3O5S. The molecule has 0 bridgehead atoms. The normalized spacial score (nSPS) is 14.7. The number of hydrogen-bond donors (Lipinski definition) is 1. The van der Waals surface area contributed by atoms with Crippen molar-refractivity contribution in [2.45, 2.75) is 50.1 Å². The number of benzene rings is 2. The molecule has 1 unspecified atom stereocenters. The van der Waals surface area contributed by atoms with Gasteiger partial charge in [0.2, 0.25) is 21.8 Å². The van der Waals surface area contributed by atoms with Gasteiger partial charge in [-0.25, -0.2) is 8.42 Å². The van der Waals surface area contributed by atoms with Crippen LogP contribution in [0.3, 0.4) is 0 Å². The van der Waals surface area contributed by atoms with Gasteiger partial charge in [0, 0.05) is 32.6 Å². The molecule has 194 valence electrons. The Kier molecular flexibility index (Phi) is 9.66. The molecule has 0 radical (unpaired) electrons. The summed E-state index contributed by atoms with van der Waals surface area (Å²) in [5.74, 6) is 0.290. The van der Waals surface area contributed by atoms with Crippen LogP contribution in [-0.2, 0) is 32.6 Å². The molecule has 0 spiro atoms. The number of amides is 2. The SMILES string of the molecule is C=CCNC(=O)C(C)N(Cc1ccc(OC)cc1)C(=O)CCc1ccc(S(=O)(=O)N2CCCC2)cc1. The van der Waals surface area contributed by atoms with Gasteiger partial charge in [-0.3, -0.25) is 9.59 Å². The van der Waals surface area contributed by atoms with Crippen molar-refractivity contribution in [2.75, 3.05) is 26.7 Å². The highest BCUT2D eigenvalue weighted by Gasteiger charge is 2.28. The average molecular weight is 514 g/mol. The first-order valence-corrected chi connectivity index (χ1v) is 13.6. The van der Waals surface area contributed by atoms with Gasteiger partial charge in [-0.05, 0) is 61.6 Å². The van der Waals surface area contributed by atoms with E-state index in [2.05, 4.69) is 11.9 Å². The number of methoxy groups -OCH3 is 1. The first-order chi connectivity index (χ1) is 17.3. The van der Waals surface area contributed by atoms with Gasteiger partial charge in [0.25, 0.3) is 0 Å². The van der Waals surface area contributed by atoms with Crippen LogP contribution in [0, 0.1) is 0 Å². The fourth-order valence-electron chi connectivity index (χ4n) is 4.13. The van der Waals surface area contributed by atoms with Crippen molar-refractivity contribution in [3.05, 3.63) is 72.3 Å². The number of nitrogens with one attached hydrogen (secondary N) is 1. The van der Waals surface area contributed by atoms with E-state index in [-0.39, 0.29) is 29.7 Å². The molecule has 2 aromatic rings. The number of ether oxygens (including phenoxy) is 1. The predicted molar refractivity (Wildman–Crippen MR) is 139 cm³/mol. The zero-order valence-corrected chi connectivity index (χ0v) is 21.8. The zero-order valence-electron chi connectivity index (χ0n) is 21.0. The molecule has 1 saturated heterocycles. The number of rotatable bonds is 12. The van der Waals surface area contributed by atoms with Gasteiger partial charge in [0.15, 0.2) is 0 Å². The Bertz CT molecular complexity index is 1140. The van der Waals surface area contributed by atoms with Crippen molar-refractivity contribution in [3.63, 3.8) is 0 Å². The summed E-state index contributed by atoms with van der Waals surface area (Å²) < 4.78 is 32.2. The maximum atomic E-state index is 13.3. The minimum atomic E-state index is -3.47. The average Bonchev–Trinajstić information content (AvgIpc) is 3.45. The Morgan fingerprint density at radius 3 is 2.28 bits per heavy atom. The first kappa shape index (κ1) is 27.4. The van der Waals surface area contributed by atoms with Gasteiger partial charge >= 0.3 is 0 Å². The Balaban J connectivity index is 1.69. The third-order valence-corrected chi connectivity index (χ3v) is 8.27. The molecule has 36 heavy (non-hydrogen) atoms. The maximum Gasteiger partial charge on any atom is 0.243 e. The summed E-state index contributed by atoms with van der Waals surface area (Å²) in [6.07, 6.45) is 3.98. The van der Waals surface area contributed by atoms with Crippen molar-refractivity contribution >= 4 is 21.8 Å². The first-order valence-electron chi connectivity index (χ1n) is 12.2. The van der Waals surface area contributed by atoms with Crippen LogP contribution in [0.4, 0.5) is 0 Å². The molecule has 1 N–H and O–H groups in total. The molecule has 1 aliphatic heterocycles. The van der Waals surface area contributed by atoms with E-state index < -0.39 is 16.1 Å². The fourth-order valence-corrected chi connectivity index (χ4v) is 5.65. The molecule has 8 nitrogen and oxygen atoms in total. The highest BCUT2D eigenvalue weighted by Crippen LogP contribution is 2.22. The van der Waals surface area contributed by atoms with Crippen LogP contribution in [0.5, 0.6) is 5.75 Å². The molecule has 3 rings (SSSR count). The molecule has 1 aliphatic rings. The van der Waals surface area contributed by atoms with Crippen molar-refractivity contribution < 1.29 is 22.7 Å². The lowest BCUT2D eigenvalue weighted by molar-refractivity contribution is -0.140. The standard InChI is InChI=1S/C27H35N3O5S/c1-4-17-28-27(32)21(2)30(20-23-7-12-24(35-3)13-8-23)26(31)16-11-22-9-14-25(15-10-22)36(33,34)29-18-5-6-19-29/h4,7-10,12-15,21H,1,5-6,11,16-20H2,2-3H3,(H,28,32). The molecule has 1 fully saturated rings. The third-order valence-electron chi connectivity index (χ3n) is 6.35. The lowest BCUT2D eigenvalue weighted by Gasteiger charge is -2.29. The predicted octanol–water partition coefficient (Wildman–Crippen LogP) is 3.13. The van der Waals surface area contributed by atoms with E-state index >= 15 is 0 Å². The zero-order chi connectivity index (χ0) is 26.1. The number of nitrogens with zero attached hydrogens (tertiary/aromatic N) is 2. The van der Waals surface area contributed by atoms with Crippen LogP contribution in [0.15, 0.2) is 66.1 Å². The van der Waals surface area contributed by atoms with Gasteiger partial charge in [0.05, 0.1) is 12.0 Å². The maximum absolute atomic E-state index is 13.3. The van der Waals surface area contributed by atoms with Crippen LogP contribution >= 0.6 is 0 Å². The Labute approximate surface area is 214 Å². The summed E-state index contributed by atoms with van der Waals surface area (Å²) in [4.78, 5) is 27.7. The minimum Gasteiger partial charge on any atom is -0.497 e. The summed E-state index contributed by atoms with van der Waals surface area (Å²) in [5, 5.41) is 2.76. The Hall–Kier alpha value is -3.17. The van der Waals surface area contributed by atoms with E-state index in [0.717, 1.165) is 24.0 Å². The Morgan fingerprint density at radius 2 is 1.69 bits per heavy atom. The van der Waals surface area contributed by atoms with Gasteiger partial charge in [-0.1, -0.05) is 30.3 Å². The number of sulfonamides is 1. The molecule has 0 aliphatic carbocycles. The molecule has 0 aromatic heterocycles. The van der Waals surface area contributed by atoms with E-state index in [1.807, 2.05) is 24.3 Å². The monoisotopic (exact) mass is 513 g/mol. The van der Waals surface area contributed by atoms with E-state index in [1.54, 1.807) is 49.3 Å². The molecule has 9 heteroatoms. The molecule has 2 amide bonds. The van der Waals surface area contributed by atoms with Crippen molar-refractivity contribution in [2.24, 2.45) is 0 Å². The second kappa shape index (κ2) is 12.7. The lowest BCUT2D eigenvalue weighted by Crippen LogP contribution is -2.47. The number of aryl methyl sites for hydroxylation is 1. The van der Waals surface area contributed by atoms with Crippen LogP contribution in [0.2, 0.25) is 0 Å². The number of hydrogen-bond acceptors (Lipinski definition) is 5. The van der Waals surface area contributed by atoms with E-state index in [1.165, 1.54) is 4.31 Å². The smallest absolute Gasteiger partial charge is 0.243 e. The highest BCUT2D eigenvalue weighted by molar-refractivity contribution is 7.89. The fraction of sp³-hybridized carbons (Fsp3) is 0.407. The second-order valence-corrected chi connectivity index (χ2v) is 10.8. The molecule has 2 aromatic carbocycles. The van der Waals surface area contributed by atoms with Crippen LogP contribution < -0.4 is 10.1 Å². The molecule has 1 atom stereocenters. The van der Waals surface area contributed by atoms with Crippen LogP contribution in [-0.4, -0.2) is 62.2 Å². The van der Waals surface area contributed by atoms with E-state index in [9.17, 15) is 18.0 Å². The number of carbonyl (C=O) groups excluding carboxylic acids is 2. The topological polar surface area (TPSA) is 96.0 Å². The summed E-state index contributed by atoms with van der Waals surface area (Å²) in [6.45, 7) is 7.03. The molecular weight excluding hydrogens is 478 g/mol. The minimum absolute atomic E-state index is 0.166. The molecule has 1 heterocycles. The summed E-state index contributed by atoms with van der Waals surface area (Å²) in [5.41, 5.74) is 1.74. The Morgan fingerprint density at radius 1 is 1.08 bits per heavy atom. The molecule has 0 saturated carbocycles. The largest absolute Gasteiger partial charge is 0.497 e. The summed E-state index contributed by atoms with van der Waals surface area (Å²) in [6, 6.07) is 13.4. The summed E-state index contributed by atoms with van der Waals surface area (Å²) in [7, 11) is -1.88. The van der Waals surface area contributed by atoms with Crippen molar-refractivity contribution in [3.8, 4) is 5.75 Å². The van der Waals surface area contributed by atoms with E-state index in [4.69, 9.17) is 4.74 Å². The highest BCUT2D eigenvalue weighted by atomic mass is 32.2. The van der Waals surface area contributed by atoms with Gasteiger partial charge < -0.3 is 15.0 Å². The van der Waals surface area contributed by atoms with Crippen molar-refractivity contribution in [1.29, 1.82) is 0 Å². The van der Waals surface area contributed by atoms with Gasteiger partial charge in [-0.15, -0.1) is 6.58 Å². The quantitative estimate of drug-likeness (QED) is 0.440. The van der Waals surface area contributed by atoms with E-state index in [0.29, 0.717) is 31.8 Å². The summed E-state index contributed by atoms with van der Waals surface area (Å²) >= 11 is 0. The van der Waals surface area contributed by atoms with Gasteiger partial charge in [0.1, 0.15) is 11.8 Å². The third kappa shape index (κ3) is 6.95. The van der Waals surface area contributed by atoms with Crippen LogP contribution in [0.25, 0.3) is 0 Å². The number of carbonyl (C=O) groups is 2. The van der Waals surface area contributed by atoms with Crippen molar-refractivity contribution in [1.82, 2.24) is 14.5 Å².